The maximum absolute atomic E-state index is 5.39. The van der Waals surface area contributed by atoms with Crippen LogP contribution in [0, 0.1) is 0 Å². The summed E-state index contributed by atoms with van der Waals surface area (Å²) >= 11 is 1.62. The zero-order valence-corrected chi connectivity index (χ0v) is 16.5. The largest absolute Gasteiger partial charge is 0.488 e. The third-order valence-electron chi connectivity index (χ3n) is 3.79. The van der Waals surface area contributed by atoms with Crippen LogP contribution in [0.1, 0.15) is 31.9 Å². The summed E-state index contributed by atoms with van der Waals surface area (Å²) in [4.78, 5) is 5.94. The number of benzene rings is 1. The van der Waals surface area contributed by atoms with Crippen LogP contribution in [-0.2, 0) is 11.3 Å². The number of hydrogen-bond acceptors (Lipinski definition) is 4. The summed E-state index contributed by atoms with van der Waals surface area (Å²) < 4.78 is 5.39. The Hall–Kier alpha value is -1.23. The first-order chi connectivity index (χ1) is 11.5. The first kappa shape index (κ1) is 20.8. The maximum atomic E-state index is 5.39. The molecule has 0 bridgehead atoms. The van der Waals surface area contributed by atoms with Crippen molar-refractivity contribution in [1.82, 2.24) is 9.80 Å². The van der Waals surface area contributed by atoms with Gasteiger partial charge >= 0.3 is 0 Å². The molecular formula is C20H32N2OS. The van der Waals surface area contributed by atoms with Crippen molar-refractivity contribution in [2.24, 2.45) is 0 Å². The summed E-state index contributed by atoms with van der Waals surface area (Å²) in [6.07, 6.45) is 0. The molecule has 1 fully saturated rings. The highest BCUT2D eigenvalue weighted by atomic mass is 32.2. The number of allylic oxidation sites excluding steroid dienone is 1. The predicted octanol–water partition coefficient (Wildman–Crippen LogP) is 4.67. The summed E-state index contributed by atoms with van der Waals surface area (Å²) in [6.45, 7) is 19.4. The van der Waals surface area contributed by atoms with Crippen LogP contribution in [0.4, 0.5) is 0 Å². The van der Waals surface area contributed by atoms with Gasteiger partial charge in [0.15, 0.2) is 0 Å². The van der Waals surface area contributed by atoms with Crippen molar-refractivity contribution in [1.29, 1.82) is 0 Å². The average Bonchev–Trinajstić information content (AvgIpc) is 2.58. The van der Waals surface area contributed by atoms with E-state index in [1.807, 2.05) is 20.8 Å². The number of likely N-dealkylation sites (N-methyl/N-ethyl adjacent to an activating group) is 1. The molecule has 0 spiro atoms. The second kappa shape index (κ2) is 11.3. The van der Waals surface area contributed by atoms with Gasteiger partial charge < -0.3 is 9.64 Å². The van der Waals surface area contributed by atoms with Gasteiger partial charge in [0.2, 0.25) is 0 Å². The van der Waals surface area contributed by atoms with Gasteiger partial charge in [-0.15, -0.1) is 0 Å². The molecule has 0 saturated carbocycles. The molecule has 1 saturated heterocycles. The second-order valence-electron chi connectivity index (χ2n) is 5.81. The number of ether oxygens (including phenoxy) is 1. The monoisotopic (exact) mass is 348 g/mol. The summed E-state index contributed by atoms with van der Waals surface area (Å²) in [5, 5.41) is 0. The van der Waals surface area contributed by atoms with Crippen LogP contribution >= 0.6 is 11.8 Å². The van der Waals surface area contributed by atoms with Crippen molar-refractivity contribution >= 4 is 16.7 Å². The van der Waals surface area contributed by atoms with Gasteiger partial charge in [-0.2, -0.15) is 0 Å². The third kappa shape index (κ3) is 7.56. The Bertz CT molecular complexity index is 522. The standard InChI is InChI=1S/C18H26N2OS.C2H6/c1-15(2)21-14-22-16(3)18-7-5-6-17(12-18)13-20-10-8-19(4)9-11-20;1-2/h5-7,12H,1,3,8-11,13-14H2,2,4H3;1-2H3. The molecule has 0 atom stereocenters. The Morgan fingerprint density at radius 2 is 1.83 bits per heavy atom. The molecular weight excluding hydrogens is 316 g/mol. The van der Waals surface area contributed by atoms with E-state index in [1.54, 1.807) is 11.8 Å². The van der Waals surface area contributed by atoms with E-state index in [9.17, 15) is 0 Å². The lowest BCUT2D eigenvalue weighted by Crippen LogP contribution is -2.43. The van der Waals surface area contributed by atoms with Gasteiger partial charge in [0.05, 0.1) is 5.76 Å². The molecule has 1 aliphatic rings. The number of hydrogen-bond donors (Lipinski definition) is 0. The minimum Gasteiger partial charge on any atom is -0.488 e. The average molecular weight is 349 g/mol. The molecule has 0 radical (unpaired) electrons. The summed E-state index contributed by atoms with van der Waals surface area (Å²) in [5.74, 6) is 1.31. The van der Waals surface area contributed by atoms with Crippen molar-refractivity contribution < 1.29 is 4.74 Å². The topological polar surface area (TPSA) is 15.7 Å². The van der Waals surface area contributed by atoms with Crippen LogP contribution in [0.2, 0.25) is 0 Å². The lowest BCUT2D eigenvalue weighted by molar-refractivity contribution is 0.148. The molecule has 0 amide bonds. The normalized spacial score (nSPS) is 15.3. The molecule has 0 N–H and O–H groups in total. The molecule has 134 valence electrons. The Balaban J connectivity index is 0.00000139. The van der Waals surface area contributed by atoms with Gasteiger partial charge in [0, 0.05) is 37.6 Å². The van der Waals surface area contributed by atoms with Crippen LogP contribution in [0.3, 0.4) is 0 Å². The second-order valence-corrected chi connectivity index (χ2v) is 6.83. The Kier molecular flexibility index (Phi) is 9.84. The van der Waals surface area contributed by atoms with Gasteiger partial charge in [0.1, 0.15) is 5.94 Å². The molecule has 1 heterocycles. The summed E-state index contributed by atoms with van der Waals surface area (Å²) in [5.41, 5.74) is 2.53. The highest BCUT2D eigenvalue weighted by Gasteiger charge is 2.14. The van der Waals surface area contributed by atoms with E-state index in [0.29, 0.717) is 5.94 Å². The van der Waals surface area contributed by atoms with E-state index in [-0.39, 0.29) is 0 Å². The fourth-order valence-corrected chi connectivity index (χ4v) is 3.09. The van der Waals surface area contributed by atoms with Gasteiger partial charge in [-0.1, -0.05) is 57.0 Å². The Morgan fingerprint density at radius 1 is 1.17 bits per heavy atom. The van der Waals surface area contributed by atoms with Gasteiger partial charge in [-0.25, -0.2) is 0 Å². The van der Waals surface area contributed by atoms with Crippen molar-refractivity contribution in [3.63, 3.8) is 0 Å². The molecule has 1 aliphatic heterocycles. The minimum atomic E-state index is 0.566. The number of piperazine rings is 1. The van der Waals surface area contributed by atoms with E-state index < -0.39 is 0 Å². The van der Waals surface area contributed by atoms with Crippen LogP contribution in [-0.4, -0.2) is 49.0 Å². The van der Waals surface area contributed by atoms with Gasteiger partial charge in [-0.05, 0) is 31.2 Å². The van der Waals surface area contributed by atoms with Gasteiger partial charge in [0.25, 0.3) is 0 Å². The lowest BCUT2D eigenvalue weighted by Gasteiger charge is -2.32. The van der Waals surface area contributed by atoms with E-state index in [0.717, 1.165) is 43.4 Å². The van der Waals surface area contributed by atoms with Crippen LogP contribution in [0.5, 0.6) is 0 Å². The Morgan fingerprint density at radius 3 is 2.46 bits per heavy atom. The number of rotatable bonds is 7. The minimum absolute atomic E-state index is 0.566. The van der Waals surface area contributed by atoms with E-state index >= 15 is 0 Å². The SMILES string of the molecule is C=C(C)OCSC(=C)c1cccc(CN2CCN(C)CC2)c1.CC. The highest BCUT2D eigenvalue weighted by molar-refractivity contribution is 8.08. The van der Waals surface area contributed by atoms with Crippen LogP contribution in [0.15, 0.2) is 43.2 Å². The zero-order chi connectivity index (χ0) is 17.9. The highest BCUT2D eigenvalue weighted by Crippen LogP contribution is 2.27. The van der Waals surface area contributed by atoms with Crippen molar-refractivity contribution in [3.05, 3.63) is 54.3 Å². The predicted molar refractivity (Wildman–Crippen MR) is 108 cm³/mol. The van der Waals surface area contributed by atoms with Crippen molar-refractivity contribution in [2.75, 3.05) is 39.2 Å². The van der Waals surface area contributed by atoms with E-state index in [1.165, 1.54) is 11.1 Å². The molecule has 1 aromatic rings. The third-order valence-corrected chi connectivity index (χ3v) is 4.61. The number of thioether (sulfide) groups is 1. The molecule has 3 nitrogen and oxygen atoms in total. The molecule has 0 aliphatic carbocycles. The van der Waals surface area contributed by atoms with E-state index in [4.69, 9.17) is 4.74 Å². The van der Waals surface area contributed by atoms with Gasteiger partial charge in [-0.3, -0.25) is 4.90 Å². The fraction of sp³-hybridized carbons (Fsp3) is 0.500. The van der Waals surface area contributed by atoms with Crippen molar-refractivity contribution in [3.8, 4) is 0 Å². The summed E-state index contributed by atoms with van der Waals surface area (Å²) in [7, 11) is 2.19. The molecule has 24 heavy (non-hydrogen) atoms. The molecule has 4 heteroatoms. The first-order valence-corrected chi connectivity index (χ1v) is 9.63. The quantitative estimate of drug-likeness (QED) is 0.525. The lowest BCUT2D eigenvalue weighted by atomic mass is 10.1. The maximum Gasteiger partial charge on any atom is 0.138 e. The molecule has 1 aromatic carbocycles. The summed E-state index contributed by atoms with van der Waals surface area (Å²) in [6, 6.07) is 8.67. The van der Waals surface area contributed by atoms with Crippen LogP contribution < -0.4 is 0 Å². The molecule has 0 aromatic heterocycles. The first-order valence-electron chi connectivity index (χ1n) is 8.65. The van der Waals surface area contributed by atoms with E-state index in [2.05, 4.69) is 54.3 Å². The Labute approximate surface area is 152 Å². The number of nitrogens with zero attached hydrogens (tertiary/aromatic N) is 2. The zero-order valence-electron chi connectivity index (χ0n) is 15.7. The molecule has 2 rings (SSSR count). The smallest absolute Gasteiger partial charge is 0.138 e. The molecule has 0 unspecified atom stereocenters. The fourth-order valence-electron chi connectivity index (χ4n) is 2.39. The van der Waals surface area contributed by atoms with Crippen LogP contribution in [0.25, 0.3) is 4.91 Å². The van der Waals surface area contributed by atoms with Crippen molar-refractivity contribution in [2.45, 2.75) is 27.3 Å².